The number of carbonyl (C=O) groups excluding carboxylic acids is 1. The van der Waals surface area contributed by atoms with Gasteiger partial charge >= 0.3 is 0 Å². The summed E-state index contributed by atoms with van der Waals surface area (Å²) in [5, 5.41) is 4.09. The SMILES string of the molecule is Cc1cnc(-c2nc(C3CCCN(C(=O)C(C)Oc4ccc(F)cc4)C3)no2)cn1. The standard InChI is InChI=1S/C21H22FN5O3/c1-13-10-24-18(11-23-13)20-25-19(26-30-20)15-4-3-9-27(12-15)21(28)14(2)29-17-7-5-16(22)6-8-17/h5-8,10-11,14-15H,3-4,9,12H2,1-2H3. The smallest absolute Gasteiger partial charge is 0.278 e. The van der Waals surface area contributed by atoms with Gasteiger partial charge in [0.1, 0.15) is 17.3 Å². The molecule has 0 bridgehead atoms. The third kappa shape index (κ3) is 4.45. The molecule has 0 spiro atoms. The summed E-state index contributed by atoms with van der Waals surface area (Å²) in [6.45, 7) is 4.66. The highest BCUT2D eigenvalue weighted by atomic mass is 19.1. The Bertz CT molecular complexity index is 1010. The van der Waals surface area contributed by atoms with Crippen LogP contribution in [0.4, 0.5) is 4.39 Å². The normalized spacial score (nSPS) is 17.6. The van der Waals surface area contributed by atoms with Crippen LogP contribution < -0.4 is 4.74 Å². The Morgan fingerprint density at radius 2 is 2.07 bits per heavy atom. The number of rotatable bonds is 5. The Balaban J connectivity index is 1.41. The van der Waals surface area contributed by atoms with Crippen LogP contribution in [0.5, 0.6) is 5.75 Å². The van der Waals surface area contributed by atoms with Crippen LogP contribution in [0.15, 0.2) is 41.2 Å². The zero-order valence-corrected chi connectivity index (χ0v) is 16.8. The number of carbonyl (C=O) groups is 1. The van der Waals surface area contributed by atoms with Crippen molar-refractivity contribution in [3.63, 3.8) is 0 Å². The van der Waals surface area contributed by atoms with Crippen LogP contribution in [0.25, 0.3) is 11.6 Å². The van der Waals surface area contributed by atoms with Crippen molar-refractivity contribution in [2.75, 3.05) is 13.1 Å². The number of nitrogens with zero attached hydrogens (tertiary/aromatic N) is 5. The van der Waals surface area contributed by atoms with Crippen LogP contribution in [0.2, 0.25) is 0 Å². The van der Waals surface area contributed by atoms with Crippen LogP contribution in [0.1, 0.15) is 37.2 Å². The summed E-state index contributed by atoms with van der Waals surface area (Å²) in [5.41, 5.74) is 1.32. The molecule has 156 valence electrons. The first-order chi connectivity index (χ1) is 14.5. The average molecular weight is 411 g/mol. The molecule has 4 rings (SSSR count). The van der Waals surface area contributed by atoms with Crippen molar-refractivity contribution in [3.8, 4) is 17.3 Å². The minimum Gasteiger partial charge on any atom is -0.481 e. The van der Waals surface area contributed by atoms with E-state index >= 15 is 0 Å². The van der Waals surface area contributed by atoms with E-state index in [-0.39, 0.29) is 17.6 Å². The Kier molecular flexibility index (Phi) is 5.69. The Hall–Kier alpha value is -3.36. The van der Waals surface area contributed by atoms with Gasteiger partial charge in [0.2, 0.25) is 0 Å². The number of amides is 1. The molecule has 1 fully saturated rings. The van der Waals surface area contributed by atoms with Crippen LogP contribution in [-0.4, -0.2) is 50.1 Å². The van der Waals surface area contributed by atoms with E-state index in [0.717, 1.165) is 18.5 Å². The summed E-state index contributed by atoms with van der Waals surface area (Å²) in [4.78, 5) is 27.5. The minimum atomic E-state index is -0.683. The molecule has 2 aromatic heterocycles. The van der Waals surface area contributed by atoms with Gasteiger partial charge < -0.3 is 14.2 Å². The second kappa shape index (κ2) is 8.56. The first kappa shape index (κ1) is 19.9. The van der Waals surface area contributed by atoms with E-state index in [1.54, 1.807) is 24.2 Å². The van der Waals surface area contributed by atoms with Gasteiger partial charge in [0.05, 0.1) is 11.9 Å². The van der Waals surface area contributed by atoms with Gasteiger partial charge in [0, 0.05) is 25.2 Å². The van der Waals surface area contributed by atoms with Crippen molar-refractivity contribution < 1.29 is 18.4 Å². The lowest BCUT2D eigenvalue weighted by Gasteiger charge is -2.33. The fourth-order valence-corrected chi connectivity index (χ4v) is 3.42. The van der Waals surface area contributed by atoms with Crippen LogP contribution in [-0.2, 0) is 4.79 Å². The number of ether oxygens (including phenoxy) is 1. The molecule has 30 heavy (non-hydrogen) atoms. The third-order valence-corrected chi connectivity index (χ3v) is 5.01. The highest BCUT2D eigenvalue weighted by Gasteiger charge is 2.31. The van der Waals surface area contributed by atoms with E-state index in [2.05, 4.69) is 20.1 Å². The first-order valence-electron chi connectivity index (χ1n) is 9.83. The zero-order valence-electron chi connectivity index (χ0n) is 16.8. The van der Waals surface area contributed by atoms with Crippen LogP contribution >= 0.6 is 0 Å². The number of likely N-dealkylation sites (tertiary alicyclic amines) is 1. The zero-order chi connectivity index (χ0) is 21.1. The highest BCUT2D eigenvalue weighted by Crippen LogP contribution is 2.27. The fraction of sp³-hybridized carbons (Fsp3) is 0.381. The molecule has 9 heteroatoms. The van der Waals surface area contributed by atoms with Crippen molar-refractivity contribution in [1.82, 2.24) is 25.0 Å². The summed E-state index contributed by atoms with van der Waals surface area (Å²) in [6.07, 6.45) is 4.24. The molecule has 1 aromatic carbocycles. The van der Waals surface area contributed by atoms with E-state index in [1.807, 2.05) is 6.92 Å². The van der Waals surface area contributed by atoms with Crippen molar-refractivity contribution in [3.05, 3.63) is 54.0 Å². The van der Waals surface area contributed by atoms with Gasteiger partial charge in [0.25, 0.3) is 11.8 Å². The minimum absolute atomic E-state index is 0.0309. The number of benzene rings is 1. The van der Waals surface area contributed by atoms with Gasteiger partial charge in [-0.25, -0.2) is 9.37 Å². The first-order valence-corrected chi connectivity index (χ1v) is 9.83. The van der Waals surface area contributed by atoms with Gasteiger partial charge in [-0.05, 0) is 51.0 Å². The molecule has 1 aliphatic heterocycles. The largest absolute Gasteiger partial charge is 0.481 e. The van der Waals surface area contributed by atoms with E-state index in [4.69, 9.17) is 9.26 Å². The molecule has 1 aliphatic rings. The van der Waals surface area contributed by atoms with Crippen molar-refractivity contribution in [1.29, 1.82) is 0 Å². The van der Waals surface area contributed by atoms with Crippen molar-refractivity contribution >= 4 is 5.91 Å². The Morgan fingerprint density at radius 1 is 1.27 bits per heavy atom. The molecule has 3 aromatic rings. The highest BCUT2D eigenvalue weighted by molar-refractivity contribution is 5.81. The molecule has 0 saturated carbocycles. The lowest BCUT2D eigenvalue weighted by molar-refractivity contribution is -0.139. The second-order valence-electron chi connectivity index (χ2n) is 7.34. The maximum Gasteiger partial charge on any atom is 0.278 e. The summed E-state index contributed by atoms with van der Waals surface area (Å²) < 4.78 is 24.1. The maximum atomic E-state index is 13.0. The van der Waals surface area contributed by atoms with Crippen LogP contribution in [0.3, 0.4) is 0 Å². The van der Waals surface area contributed by atoms with Gasteiger partial charge in [-0.15, -0.1) is 0 Å². The molecule has 2 unspecified atom stereocenters. The molecule has 8 nitrogen and oxygen atoms in total. The van der Waals surface area contributed by atoms with Crippen LogP contribution in [0, 0.1) is 12.7 Å². The molecular weight excluding hydrogens is 389 g/mol. The van der Waals surface area contributed by atoms with Gasteiger partial charge in [-0.3, -0.25) is 9.78 Å². The quantitative estimate of drug-likeness (QED) is 0.636. The van der Waals surface area contributed by atoms with Crippen molar-refractivity contribution in [2.45, 2.75) is 38.7 Å². The average Bonchev–Trinajstić information content (AvgIpc) is 3.26. The summed E-state index contributed by atoms with van der Waals surface area (Å²) >= 11 is 0. The van der Waals surface area contributed by atoms with Gasteiger partial charge in [-0.2, -0.15) is 4.98 Å². The molecule has 3 heterocycles. The number of aromatic nitrogens is 4. The molecule has 1 saturated heterocycles. The van der Waals surface area contributed by atoms with E-state index in [1.165, 1.54) is 24.3 Å². The number of aryl methyl sites for hydroxylation is 1. The van der Waals surface area contributed by atoms with Gasteiger partial charge in [0.15, 0.2) is 11.9 Å². The molecule has 0 N–H and O–H groups in total. The summed E-state index contributed by atoms with van der Waals surface area (Å²) in [6, 6.07) is 5.62. The fourth-order valence-electron chi connectivity index (χ4n) is 3.42. The Labute approximate surface area is 173 Å². The predicted octanol–water partition coefficient (Wildman–Crippen LogP) is 3.15. The molecule has 0 aliphatic carbocycles. The third-order valence-electron chi connectivity index (χ3n) is 5.01. The van der Waals surface area contributed by atoms with Crippen molar-refractivity contribution in [2.24, 2.45) is 0 Å². The van der Waals surface area contributed by atoms with E-state index in [0.29, 0.717) is 36.2 Å². The summed E-state index contributed by atoms with van der Waals surface area (Å²) in [5.74, 6) is 0.809. The molecule has 1 amide bonds. The van der Waals surface area contributed by atoms with E-state index < -0.39 is 6.10 Å². The number of piperidine rings is 1. The lowest BCUT2D eigenvalue weighted by atomic mass is 9.97. The molecule has 0 radical (unpaired) electrons. The summed E-state index contributed by atoms with van der Waals surface area (Å²) in [7, 11) is 0. The Morgan fingerprint density at radius 3 is 2.80 bits per heavy atom. The monoisotopic (exact) mass is 411 g/mol. The number of hydrogen-bond donors (Lipinski definition) is 0. The van der Waals surface area contributed by atoms with E-state index in [9.17, 15) is 9.18 Å². The number of hydrogen-bond acceptors (Lipinski definition) is 7. The topological polar surface area (TPSA) is 94.2 Å². The predicted molar refractivity (Wildman–Crippen MR) is 105 cm³/mol. The molecular formula is C21H22FN5O3. The van der Waals surface area contributed by atoms with Gasteiger partial charge in [-0.1, -0.05) is 5.16 Å². The maximum absolute atomic E-state index is 13.0. The second-order valence-corrected chi connectivity index (χ2v) is 7.34. The number of halogens is 1. The molecule has 2 atom stereocenters. The lowest BCUT2D eigenvalue weighted by Crippen LogP contribution is -2.45.